The first-order valence-corrected chi connectivity index (χ1v) is 6.13. The maximum Gasteiger partial charge on any atom is 0.325 e. The maximum absolute atomic E-state index is 12.2. The average Bonchev–Trinajstić information content (AvgIpc) is 2.38. The molecule has 0 N–H and O–H groups in total. The van der Waals surface area contributed by atoms with Gasteiger partial charge in [-0.25, -0.2) is 4.98 Å². The smallest absolute Gasteiger partial charge is 0.325 e. The van der Waals surface area contributed by atoms with Crippen molar-refractivity contribution in [2.24, 2.45) is 0 Å². The van der Waals surface area contributed by atoms with E-state index < -0.39 is 5.97 Å². The Labute approximate surface area is 116 Å². The number of amides is 1. The monoisotopic (exact) mass is 282 g/mol. The highest BCUT2D eigenvalue weighted by atomic mass is 35.5. The van der Waals surface area contributed by atoms with Crippen LogP contribution in [0.5, 0.6) is 0 Å². The van der Waals surface area contributed by atoms with E-state index in [4.69, 9.17) is 16.3 Å². The van der Waals surface area contributed by atoms with E-state index >= 15 is 0 Å². The van der Waals surface area contributed by atoms with E-state index in [1.807, 2.05) is 0 Å². The highest BCUT2D eigenvalue weighted by molar-refractivity contribution is 6.30. The molecule has 0 radical (unpaired) electrons. The molecule has 0 unspecified atom stereocenters. The van der Waals surface area contributed by atoms with Crippen molar-refractivity contribution in [3.05, 3.63) is 41.7 Å². The van der Waals surface area contributed by atoms with Crippen LogP contribution in [0.2, 0.25) is 5.02 Å². The second kappa shape index (κ2) is 7.53. The summed E-state index contributed by atoms with van der Waals surface area (Å²) in [5.41, 5.74) is 0.218. The molecule has 1 amide bonds. The highest BCUT2D eigenvalue weighted by Gasteiger charge is 2.19. The van der Waals surface area contributed by atoms with Gasteiger partial charge in [0, 0.05) is 12.7 Å². The van der Waals surface area contributed by atoms with Gasteiger partial charge in [0.25, 0.3) is 5.91 Å². The van der Waals surface area contributed by atoms with Crippen molar-refractivity contribution in [3.63, 3.8) is 0 Å². The van der Waals surface area contributed by atoms with Crippen LogP contribution in [-0.4, -0.2) is 41.5 Å². The van der Waals surface area contributed by atoms with E-state index in [1.165, 1.54) is 23.2 Å². The van der Waals surface area contributed by atoms with Gasteiger partial charge in [0.1, 0.15) is 12.2 Å². The quantitative estimate of drug-likeness (QED) is 0.591. The molecule has 6 heteroatoms. The second-order valence-corrected chi connectivity index (χ2v) is 4.08. The fraction of sp³-hybridized carbons (Fsp3) is 0.308. The van der Waals surface area contributed by atoms with Crippen LogP contribution in [-0.2, 0) is 9.53 Å². The van der Waals surface area contributed by atoms with Crippen LogP contribution in [0.3, 0.4) is 0 Å². The Hall–Kier alpha value is -1.88. The van der Waals surface area contributed by atoms with E-state index in [0.29, 0.717) is 5.02 Å². The molecule has 1 aromatic heterocycles. The Bertz CT molecular complexity index is 459. The molecule has 0 bridgehead atoms. The summed E-state index contributed by atoms with van der Waals surface area (Å²) in [7, 11) is 0. The first kappa shape index (κ1) is 15.2. The van der Waals surface area contributed by atoms with E-state index in [2.05, 4.69) is 11.6 Å². The second-order valence-electron chi connectivity index (χ2n) is 3.64. The van der Waals surface area contributed by atoms with Gasteiger partial charge in [0.15, 0.2) is 0 Å². The lowest BCUT2D eigenvalue weighted by atomic mass is 10.3. The first-order valence-electron chi connectivity index (χ1n) is 5.75. The van der Waals surface area contributed by atoms with Crippen LogP contribution < -0.4 is 0 Å². The maximum atomic E-state index is 12.2. The number of hydrogen-bond donors (Lipinski definition) is 0. The standard InChI is InChI=1S/C13H15ClN2O3/c1-3-7-16(9-12(17)19-4-2)13(18)11-6-5-10(14)8-15-11/h3,5-6,8H,1,4,7,9H2,2H3. The molecule has 0 aliphatic heterocycles. The lowest BCUT2D eigenvalue weighted by Gasteiger charge is -2.19. The molecule has 0 aliphatic rings. The normalized spacial score (nSPS) is 9.79. The number of aromatic nitrogens is 1. The zero-order valence-electron chi connectivity index (χ0n) is 10.6. The van der Waals surface area contributed by atoms with Crippen LogP contribution in [0.15, 0.2) is 31.0 Å². The molecule has 0 spiro atoms. The Balaban J connectivity index is 2.80. The van der Waals surface area contributed by atoms with Crippen LogP contribution in [0, 0.1) is 0 Å². The minimum atomic E-state index is -0.466. The van der Waals surface area contributed by atoms with E-state index in [0.717, 1.165) is 0 Å². The third-order valence-electron chi connectivity index (χ3n) is 2.21. The molecule has 102 valence electrons. The topological polar surface area (TPSA) is 59.5 Å². The summed E-state index contributed by atoms with van der Waals surface area (Å²) in [5, 5.41) is 0.442. The minimum absolute atomic E-state index is 0.136. The molecule has 1 aromatic rings. The molecule has 0 saturated carbocycles. The van der Waals surface area contributed by atoms with Gasteiger partial charge in [-0.05, 0) is 19.1 Å². The summed E-state index contributed by atoms with van der Waals surface area (Å²) >= 11 is 5.70. The number of halogens is 1. The number of nitrogens with zero attached hydrogens (tertiary/aromatic N) is 2. The summed E-state index contributed by atoms with van der Waals surface area (Å²) in [5.74, 6) is -0.837. The van der Waals surface area contributed by atoms with Crippen molar-refractivity contribution in [3.8, 4) is 0 Å². The molecular weight excluding hydrogens is 268 g/mol. The van der Waals surface area contributed by atoms with Crippen molar-refractivity contribution in [1.82, 2.24) is 9.88 Å². The van der Waals surface area contributed by atoms with Crippen LogP contribution >= 0.6 is 11.6 Å². The fourth-order valence-electron chi connectivity index (χ4n) is 1.40. The Morgan fingerprint density at radius 3 is 2.79 bits per heavy atom. The number of carbonyl (C=O) groups excluding carboxylic acids is 2. The molecular formula is C13H15ClN2O3. The fourth-order valence-corrected chi connectivity index (χ4v) is 1.51. The van der Waals surface area contributed by atoms with E-state index in [1.54, 1.807) is 13.0 Å². The van der Waals surface area contributed by atoms with Crippen LogP contribution in [0.4, 0.5) is 0 Å². The third-order valence-corrected chi connectivity index (χ3v) is 2.43. The summed E-state index contributed by atoms with van der Waals surface area (Å²) < 4.78 is 4.82. The van der Waals surface area contributed by atoms with Gasteiger partial charge in [-0.2, -0.15) is 0 Å². The average molecular weight is 283 g/mol. The lowest BCUT2D eigenvalue weighted by Crippen LogP contribution is -2.37. The lowest BCUT2D eigenvalue weighted by molar-refractivity contribution is -0.143. The zero-order chi connectivity index (χ0) is 14.3. The molecule has 1 heterocycles. The van der Waals surface area contributed by atoms with Crippen LogP contribution in [0.1, 0.15) is 17.4 Å². The Morgan fingerprint density at radius 2 is 2.26 bits per heavy atom. The number of ether oxygens (including phenoxy) is 1. The van der Waals surface area contributed by atoms with Gasteiger partial charge in [-0.1, -0.05) is 17.7 Å². The predicted molar refractivity (Wildman–Crippen MR) is 72.0 cm³/mol. The minimum Gasteiger partial charge on any atom is -0.465 e. The largest absolute Gasteiger partial charge is 0.465 e. The van der Waals surface area contributed by atoms with Crippen LogP contribution in [0.25, 0.3) is 0 Å². The molecule has 5 nitrogen and oxygen atoms in total. The highest BCUT2D eigenvalue weighted by Crippen LogP contribution is 2.08. The van der Waals surface area contributed by atoms with Crippen molar-refractivity contribution in [2.45, 2.75) is 6.92 Å². The SMILES string of the molecule is C=CCN(CC(=O)OCC)C(=O)c1ccc(Cl)cn1. The zero-order valence-corrected chi connectivity index (χ0v) is 11.4. The molecule has 0 aromatic carbocycles. The summed E-state index contributed by atoms with van der Waals surface area (Å²) in [6, 6.07) is 3.07. The van der Waals surface area contributed by atoms with Gasteiger partial charge in [0.05, 0.1) is 11.6 Å². The number of hydrogen-bond acceptors (Lipinski definition) is 4. The van der Waals surface area contributed by atoms with Gasteiger partial charge < -0.3 is 9.64 Å². The molecule has 1 rings (SSSR count). The number of esters is 1. The Morgan fingerprint density at radius 1 is 1.53 bits per heavy atom. The summed E-state index contributed by atoms with van der Waals surface area (Å²) in [6.07, 6.45) is 2.91. The van der Waals surface area contributed by atoms with Crippen molar-refractivity contribution < 1.29 is 14.3 Å². The summed E-state index contributed by atoms with van der Waals surface area (Å²) in [4.78, 5) is 28.8. The van der Waals surface area contributed by atoms with Gasteiger partial charge in [-0.3, -0.25) is 9.59 Å². The van der Waals surface area contributed by atoms with Crippen molar-refractivity contribution in [2.75, 3.05) is 19.7 Å². The van der Waals surface area contributed by atoms with E-state index in [9.17, 15) is 9.59 Å². The third kappa shape index (κ3) is 4.71. The number of rotatable bonds is 6. The van der Waals surface area contributed by atoms with Crippen molar-refractivity contribution in [1.29, 1.82) is 0 Å². The van der Waals surface area contributed by atoms with Gasteiger partial charge >= 0.3 is 5.97 Å². The van der Waals surface area contributed by atoms with E-state index in [-0.39, 0.29) is 31.3 Å². The number of pyridine rings is 1. The molecule has 0 fully saturated rings. The Kier molecular flexibility index (Phi) is 6.02. The molecule has 0 saturated heterocycles. The van der Waals surface area contributed by atoms with Gasteiger partial charge in [-0.15, -0.1) is 6.58 Å². The van der Waals surface area contributed by atoms with Crippen molar-refractivity contribution >= 4 is 23.5 Å². The summed E-state index contributed by atoms with van der Waals surface area (Å²) in [6.45, 7) is 5.64. The molecule has 0 atom stereocenters. The molecule has 0 aliphatic carbocycles. The number of carbonyl (C=O) groups is 2. The van der Waals surface area contributed by atoms with Gasteiger partial charge in [0.2, 0.25) is 0 Å². The first-order chi connectivity index (χ1) is 9.08. The predicted octanol–water partition coefficient (Wildman–Crippen LogP) is 1.93. The molecule has 19 heavy (non-hydrogen) atoms.